The second-order valence-corrected chi connectivity index (χ2v) is 7.27. The standard InChI is InChI=1S/C16H27N3S/c1-2-5-14(6-3-1)15-13-19(10-4-8-17-15)11-7-16-18-9-12-20-16/h9,12,14-15,17H,1-8,10-11,13H2. The van der Waals surface area contributed by atoms with Crippen LogP contribution in [-0.2, 0) is 6.42 Å². The van der Waals surface area contributed by atoms with Crippen molar-refractivity contribution in [3.63, 3.8) is 0 Å². The van der Waals surface area contributed by atoms with Gasteiger partial charge in [0.05, 0.1) is 5.01 Å². The first-order valence-corrected chi connectivity index (χ1v) is 9.14. The zero-order valence-corrected chi connectivity index (χ0v) is 13.2. The molecule has 0 aromatic carbocycles. The maximum atomic E-state index is 4.41. The minimum absolute atomic E-state index is 0.731. The van der Waals surface area contributed by atoms with Gasteiger partial charge in [0.25, 0.3) is 0 Å². The van der Waals surface area contributed by atoms with E-state index in [1.54, 1.807) is 11.3 Å². The minimum Gasteiger partial charge on any atom is -0.312 e. The molecular weight excluding hydrogens is 266 g/mol. The fourth-order valence-electron chi connectivity index (χ4n) is 3.71. The van der Waals surface area contributed by atoms with Gasteiger partial charge in [0.15, 0.2) is 0 Å². The summed E-state index contributed by atoms with van der Waals surface area (Å²) in [5.41, 5.74) is 0. The molecule has 4 heteroatoms. The van der Waals surface area contributed by atoms with Crippen LogP contribution >= 0.6 is 11.3 Å². The lowest BCUT2D eigenvalue weighted by atomic mass is 9.83. The zero-order valence-electron chi connectivity index (χ0n) is 12.4. The van der Waals surface area contributed by atoms with Crippen molar-refractivity contribution >= 4 is 11.3 Å². The minimum atomic E-state index is 0.731. The van der Waals surface area contributed by atoms with E-state index in [2.05, 4.69) is 20.6 Å². The molecule has 2 fully saturated rings. The smallest absolute Gasteiger partial charge is 0.0937 e. The molecule has 1 saturated heterocycles. The quantitative estimate of drug-likeness (QED) is 0.925. The number of thiazole rings is 1. The van der Waals surface area contributed by atoms with E-state index in [0.29, 0.717) is 0 Å². The van der Waals surface area contributed by atoms with Gasteiger partial charge in [-0.1, -0.05) is 19.3 Å². The summed E-state index contributed by atoms with van der Waals surface area (Å²) in [5, 5.41) is 7.20. The molecule has 3 rings (SSSR count). The topological polar surface area (TPSA) is 28.2 Å². The molecule has 0 amide bonds. The maximum absolute atomic E-state index is 4.41. The van der Waals surface area contributed by atoms with Crippen molar-refractivity contribution in [2.75, 3.05) is 26.2 Å². The predicted octanol–water partition coefficient (Wildman–Crippen LogP) is 2.93. The van der Waals surface area contributed by atoms with Crippen LogP contribution in [-0.4, -0.2) is 42.1 Å². The summed E-state index contributed by atoms with van der Waals surface area (Å²) in [5.74, 6) is 0.921. The molecule has 1 aromatic rings. The summed E-state index contributed by atoms with van der Waals surface area (Å²) < 4.78 is 0. The molecule has 1 aromatic heterocycles. The molecule has 0 radical (unpaired) electrons. The first kappa shape index (κ1) is 14.5. The molecule has 3 nitrogen and oxygen atoms in total. The molecular formula is C16H27N3S. The van der Waals surface area contributed by atoms with Gasteiger partial charge >= 0.3 is 0 Å². The Morgan fingerprint density at radius 2 is 2.15 bits per heavy atom. The normalized spacial score (nSPS) is 26.5. The van der Waals surface area contributed by atoms with Gasteiger partial charge in [0.2, 0.25) is 0 Å². The van der Waals surface area contributed by atoms with Crippen LogP contribution in [0, 0.1) is 5.92 Å². The molecule has 112 valence electrons. The Hall–Kier alpha value is -0.450. The number of nitrogens with one attached hydrogen (secondary N) is 1. The number of hydrogen-bond acceptors (Lipinski definition) is 4. The van der Waals surface area contributed by atoms with Gasteiger partial charge in [0, 0.05) is 37.1 Å². The lowest BCUT2D eigenvalue weighted by Gasteiger charge is -2.32. The molecule has 1 saturated carbocycles. The van der Waals surface area contributed by atoms with Gasteiger partial charge in [-0.05, 0) is 38.3 Å². The number of rotatable bonds is 4. The second-order valence-electron chi connectivity index (χ2n) is 6.29. The molecule has 0 spiro atoms. The maximum Gasteiger partial charge on any atom is 0.0937 e. The highest BCUT2D eigenvalue weighted by Gasteiger charge is 2.26. The lowest BCUT2D eigenvalue weighted by molar-refractivity contribution is 0.207. The Kier molecular flexibility index (Phi) is 5.45. The first-order valence-electron chi connectivity index (χ1n) is 8.26. The Bertz CT molecular complexity index is 373. The summed E-state index contributed by atoms with van der Waals surface area (Å²) in [7, 11) is 0. The van der Waals surface area contributed by atoms with E-state index < -0.39 is 0 Å². The Morgan fingerprint density at radius 3 is 2.95 bits per heavy atom. The van der Waals surface area contributed by atoms with Crippen molar-refractivity contribution in [3.8, 4) is 0 Å². The summed E-state index contributed by atoms with van der Waals surface area (Å²) >= 11 is 1.79. The molecule has 1 aliphatic heterocycles. The van der Waals surface area contributed by atoms with Crippen molar-refractivity contribution in [2.45, 2.75) is 51.0 Å². The third kappa shape index (κ3) is 4.03. The highest BCUT2D eigenvalue weighted by atomic mass is 32.1. The van der Waals surface area contributed by atoms with E-state index in [4.69, 9.17) is 0 Å². The van der Waals surface area contributed by atoms with Crippen LogP contribution in [0.5, 0.6) is 0 Å². The second kappa shape index (κ2) is 7.53. The van der Waals surface area contributed by atoms with Crippen LogP contribution in [0.2, 0.25) is 0 Å². The molecule has 0 bridgehead atoms. The van der Waals surface area contributed by atoms with Gasteiger partial charge in [0.1, 0.15) is 0 Å². The van der Waals surface area contributed by atoms with Crippen LogP contribution in [0.15, 0.2) is 11.6 Å². The highest BCUT2D eigenvalue weighted by molar-refractivity contribution is 7.09. The third-order valence-electron chi connectivity index (χ3n) is 4.86. The van der Waals surface area contributed by atoms with E-state index in [1.807, 2.05) is 6.20 Å². The molecule has 1 aliphatic carbocycles. The van der Waals surface area contributed by atoms with Gasteiger partial charge in [-0.25, -0.2) is 4.98 Å². The fourth-order valence-corrected chi connectivity index (χ4v) is 4.32. The van der Waals surface area contributed by atoms with Gasteiger partial charge in [-0.3, -0.25) is 0 Å². The lowest BCUT2D eigenvalue weighted by Crippen LogP contribution is -2.44. The van der Waals surface area contributed by atoms with Crippen molar-refractivity contribution in [3.05, 3.63) is 16.6 Å². The molecule has 1 atom stereocenters. The monoisotopic (exact) mass is 293 g/mol. The van der Waals surface area contributed by atoms with E-state index in [0.717, 1.165) is 18.4 Å². The number of hydrogen-bond donors (Lipinski definition) is 1. The molecule has 1 N–H and O–H groups in total. The van der Waals surface area contributed by atoms with Crippen LogP contribution in [0.3, 0.4) is 0 Å². The molecule has 2 aliphatic rings. The van der Waals surface area contributed by atoms with E-state index in [1.165, 1.54) is 69.7 Å². The van der Waals surface area contributed by atoms with E-state index in [-0.39, 0.29) is 0 Å². The van der Waals surface area contributed by atoms with Crippen molar-refractivity contribution in [2.24, 2.45) is 5.92 Å². The Morgan fingerprint density at radius 1 is 1.25 bits per heavy atom. The highest BCUT2D eigenvalue weighted by Crippen LogP contribution is 2.27. The average Bonchev–Trinajstić information content (AvgIpc) is 2.90. The molecule has 20 heavy (non-hydrogen) atoms. The number of aromatic nitrogens is 1. The largest absolute Gasteiger partial charge is 0.312 e. The SMILES string of the molecule is c1csc(CCN2CCCNC(C3CCCCC3)C2)n1. The zero-order chi connectivity index (χ0) is 13.6. The third-order valence-corrected chi connectivity index (χ3v) is 5.70. The van der Waals surface area contributed by atoms with Crippen molar-refractivity contribution in [1.82, 2.24) is 15.2 Å². The summed E-state index contributed by atoms with van der Waals surface area (Å²) in [6.07, 6.45) is 11.6. The average molecular weight is 293 g/mol. The summed E-state index contributed by atoms with van der Waals surface area (Å²) in [6.45, 7) is 4.88. The van der Waals surface area contributed by atoms with E-state index >= 15 is 0 Å². The van der Waals surface area contributed by atoms with Crippen molar-refractivity contribution in [1.29, 1.82) is 0 Å². The first-order chi connectivity index (χ1) is 9.92. The van der Waals surface area contributed by atoms with Gasteiger partial charge in [-0.15, -0.1) is 11.3 Å². The van der Waals surface area contributed by atoms with Gasteiger partial charge in [-0.2, -0.15) is 0 Å². The fraction of sp³-hybridized carbons (Fsp3) is 0.812. The van der Waals surface area contributed by atoms with Crippen LogP contribution in [0.1, 0.15) is 43.5 Å². The van der Waals surface area contributed by atoms with Gasteiger partial charge < -0.3 is 10.2 Å². The Balaban J connectivity index is 1.51. The molecule has 2 heterocycles. The Labute approximate surface area is 126 Å². The van der Waals surface area contributed by atoms with E-state index in [9.17, 15) is 0 Å². The van der Waals surface area contributed by atoms with Crippen molar-refractivity contribution < 1.29 is 0 Å². The summed E-state index contributed by atoms with van der Waals surface area (Å²) in [4.78, 5) is 7.08. The van der Waals surface area contributed by atoms with Crippen LogP contribution in [0.25, 0.3) is 0 Å². The number of nitrogens with zero attached hydrogens (tertiary/aromatic N) is 2. The molecule has 1 unspecified atom stereocenters. The van der Waals surface area contributed by atoms with Crippen LogP contribution < -0.4 is 5.32 Å². The predicted molar refractivity (Wildman–Crippen MR) is 85.2 cm³/mol. The van der Waals surface area contributed by atoms with Crippen LogP contribution in [0.4, 0.5) is 0 Å². The summed E-state index contributed by atoms with van der Waals surface area (Å²) in [6, 6.07) is 0.731.